The first-order valence-electron chi connectivity index (χ1n) is 31.1. The van der Waals surface area contributed by atoms with Crippen molar-refractivity contribution in [2.75, 3.05) is 47.5 Å². The number of ether oxygens (including phenoxy) is 4. The molecule has 0 saturated carbocycles. The second kappa shape index (κ2) is 56.9. The van der Waals surface area contributed by atoms with Crippen LogP contribution in [0.15, 0.2) is 72.9 Å². The van der Waals surface area contributed by atoms with E-state index in [1.165, 1.54) is 154 Å². The van der Waals surface area contributed by atoms with Crippen LogP contribution in [0.2, 0.25) is 0 Å². The Labute approximate surface area is 462 Å². The van der Waals surface area contributed by atoms with Gasteiger partial charge < -0.3 is 33.3 Å². The van der Waals surface area contributed by atoms with E-state index in [0.717, 1.165) is 83.5 Å². The Bertz CT molecular complexity index is 1460. The average Bonchev–Trinajstić information content (AvgIpc) is 3.38. The summed E-state index contributed by atoms with van der Waals surface area (Å²) in [4.78, 5) is 37.2. The topological polar surface area (TPSA) is 111 Å². The predicted octanol–water partition coefficient (Wildman–Crippen LogP) is 17.2. The first kappa shape index (κ1) is 71.7. The summed E-state index contributed by atoms with van der Waals surface area (Å²) in [6.07, 6.45) is 71.2. The van der Waals surface area contributed by atoms with Gasteiger partial charge in [0, 0.05) is 12.8 Å². The fraction of sp³-hybridized carbons (Fsp3) is 0.773. The van der Waals surface area contributed by atoms with Gasteiger partial charge in [0.2, 0.25) is 0 Å². The quantitative estimate of drug-likeness (QED) is 0.0195. The van der Waals surface area contributed by atoms with Gasteiger partial charge in [-0.25, -0.2) is 0 Å². The van der Waals surface area contributed by atoms with Crippen molar-refractivity contribution in [1.82, 2.24) is 0 Å². The molecule has 434 valence electrons. The van der Waals surface area contributed by atoms with Gasteiger partial charge in [-0.1, -0.05) is 247 Å². The zero-order valence-electron chi connectivity index (χ0n) is 49.4. The van der Waals surface area contributed by atoms with E-state index in [1.807, 2.05) is 21.1 Å². The Hall–Kier alpha value is -3.27. The van der Waals surface area contributed by atoms with E-state index in [-0.39, 0.29) is 38.6 Å². The van der Waals surface area contributed by atoms with Crippen LogP contribution in [0.5, 0.6) is 0 Å². The number of esters is 2. The second-order valence-corrected chi connectivity index (χ2v) is 22.0. The summed E-state index contributed by atoms with van der Waals surface area (Å²) in [5, 5.41) is 11.8. The number of rotatable bonds is 57. The van der Waals surface area contributed by atoms with Crippen molar-refractivity contribution in [1.29, 1.82) is 0 Å². The molecule has 0 aromatic heterocycles. The number of nitrogens with zero attached hydrogens (tertiary/aromatic N) is 1. The van der Waals surface area contributed by atoms with Crippen LogP contribution in [0, 0.1) is 0 Å². The SMILES string of the molecule is CC/C=C\C/C=C\C/C=C\C/C=C\C/C=C\CCCCCCCCCCCCCCCCCCCCCCCC(=O)OC(COC(=O)CCCCCCC/C=C\CCCCCC)COC(OCC[N+](C)(C)C)C(=O)[O-]. The molecule has 2 atom stereocenters. The summed E-state index contributed by atoms with van der Waals surface area (Å²) >= 11 is 0. The molecule has 0 heterocycles. The number of carboxylic acids is 1. The number of hydrogen-bond donors (Lipinski definition) is 0. The van der Waals surface area contributed by atoms with Crippen molar-refractivity contribution in [2.45, 2.75) is 283 Å². The summed E-state index contributed by atoms with van der Waals surface area (Å²) < 4.78 is 22.7. The molecule has 0 bridgehead atoms. The highest BCUT2D eigenvalue weighted by atomic mass is 16.7. The van der Waals surface area contributed by atoms with Crippen LogP contribution in [0.3, 0.4) is 0 Å². The molecule has 0 aliphatic heterocycles. The average molecular weight is 1050 g/mol. The van der Waals surface area contributed by atoms with Gasteiger partial charge in [0.15, 0.2) is 12.4 Å². The van der Waals surface area contributed by atoms with Crippen molar-refractivity contribution in [3.8, 4) is 0 Å². The number of hydrogen-bond acceptors (Lipinski definition) is 8. The lowest BCUT2D eigenvalue weighted by Crippen LogP contribution is -2.44. The largest absolute Gasteiger partial charge is 0.545 e. The fourth-order valence-electron chi connectivity index (χ4n) is 8.68. The molecule has 0 saturated heterocycles. The molecule has 75 heavy (non-hydrogen) atoms. The lowest BCUT2D eigenvalue weighted by Gasteiger charge is -2.26. The van der Waals surface area contributed by atoms with E-state index in [4.69, 9.17) is 18.9 Å². The zero-order valence-corrected chi connectivity index (χ0v) is 49.4. The van der Waals surface area contributed by atoms with Crippen molar-refractivity contribution in [2.24, 2.45) is 0 Å². The molecule has 0 aliphatic rings. The molecule has 0 aromatic rings. The lowest BCUT2D eigenvalue weighted by atomic mass is 10.0. The molecule has 0 fully saturated rings. The summed E-state index contributed by atoms with van der Waals surface area (Å²) in [5.41, 5.74) is 0. The molecule has 0 radical (unpaired) electrons. The number of quaternary nitrogens is 1. The highest BCUT2D eigenvalue weighted by Crippen LogP contribution is 2.17. The van der Waals surface area contributed by atoms with Crippen LogP contribution in [0.4, 0.5) is 0 Å². The van der Waals surface area contributed by atoms with Gasteiger partial charge in [0.05, 0.1) is 40.3 Å². The number of likely N-dealkylation sites (N-methyl/N-ethyl adjacent to an activating group) is 1. The summed E-state index contributed by atoms with van der Waals surface area (Å²) in [6.45, 7) is 4.62. The molecule has 9 heteroatoms. The lowest BCUT2D eigenvalue weighted by molar-refractivity contribution is -0.870. The van der Waals surface area contributed by atoms with Gasteiger partial charge in [-0.05, 0) is 83.5 Å². The van der Waals surface area contributed by atoms with E-state index >= 15 is 0 Å². The maximum absolute atomic E-state index is 12.9. The Morgan fingerprint density at radius 1 is 0.413 bits per heavy atom. The number of carbonyl (C=O) groups excluding carboxylic acids is 3. The van der Waals surface area contributed by atoms with Crippen molar-refractivity contribution >= 4 is 17.9 Å². The monoisotopic (exact) mass is 1050 g/mol. The minimum atomic E-state index is -1.62. The highest BCUT2D eigenvalue weighted by molar-refractivity contribution is 5.70. The summed E-state index contributed by atoms with van der Waals surface area (Å²) in [5.74, 6) is -2.28. The minimum absolute atomic E-state index is 0.146. The molecule has 0 amide bonds. The molecule has 0 aliphatic carbocycles. The van der Waals surface area contributed by atoms with E-state index in [1.54, 1.807) is 0 Å². The second-order valence-electron chi connectivity index (χ2n) is 22.0. The van der Waals surface area contributed by atoms with Gasteiger partial charge in [-0.3, -0.25) is 9.59 Å². The fourth-order valence-corrected chi connectivity index (χ4v) is 8.68. The van der Waals surface area contributed by atoms with Crippen LogP contribution in [0.25, 0.3) is 0 Å². The number of allylic oxidation sites excluding steroid dienone is 12. The Morgan fingerprint density at radius 2 is 0.760 bits per heavy atom. The van der Waals surface area contributed by atoms with Crippen molar-refractivity contribution in [3.05, 3.63) is 72.9 Å². The zero-order chi connectivity index (χ0) is 54.8. The van der Waals surface area contributed by atoms with E-state index in [2.05, 4.69) is 86.8 Å². The Balaban J connectivity index is 4.00. The molecular weight excluding hydrogens is 935 g/mol. The standard InChI is InChI=1S/C66H117NO8/c1-6-8-10-12-14-16-18-20-21-22-23-24-25-26-27-28-29-30-31-32-33-34-35-36-37-38-39-40-41-42-43-45-47-49-51-53-55-57-64(69)75-62(61-74-66(65(70)71)72-59-58-67(3,4)5)60-73-63(68)56-54-52-50-48-46-44-19-17-15-13-11-9-7-2/h8,10,14,16-17,19-21,23-24,26-27,62,66H,6-7,9,11-13,15,18,22,25,28-61H2,1-5H3/b10-8-,16-14-,19-17-,21-20-,24-23-,27-26-. The van der Waals surface area contributed by atoms with Gasteiger partial charge in [0.25, 0.3) is 0 Å². The van der Waals surface area contributed by atoms with Crippen LogP contribution < -0.4 is 5.11 Å². The van der Waals surface area contributed by atoms with Crippen LogP contribution in [-0.2, 0) is 33.3 Å². The van der Waals surface area contributed by atoms with Crippen molar-refractivity contribution in [3.63, 3.8) is 0 Å². The molecule has 0 aromatic carbocycles. The number of unbranched alkanes of at least 4 members (excludes halogenated alkanes) is 30. The number of carbonyl (C=O) groups is 3. The van der Waals surface area contributed by atoms with E-state index < -0.39 is 24.3 Å². The molecule has 0 rings (SSSR count). The number of carboxylic acid groups (broad SMARTS) is 1. The third kappa shape index (κ3) is 58.3. The smallest absolute Gasteiger partial charge is 0.306 e. The highest BCUT2D eigenvalue weighted by Gasteiger charge is 2.22. The third-order valence-corrected chi connectivity index (χ3v) is 13.4. The molecule has 0 spiro atoms. The molecular formula is C66H117NO8. The molecule has 9 nitrogen and oxygen atoms in total. The minimum Gasteiger partial charge on any atom is -0.545 e. The summed E-state index contributed by atoms with van der Waals surface area (Å²) in [6, 6.07) is 0. The van der Waals surface area contributed by atoms with Crippen LogP contribution in [-0.4, -0.2) is 82.3 Å². The number of aliphatic carboxylic acids is 1. The predicted molar refractivity (Wildman–Crippen MR) is 315 cm³/mol. The molecule has 2 unspecified atom stereocenters. The van der Waals surface area contributed by atoms with Gasteiger partial charge >= 0.3 is 11.9 Å². The van der Waals surface area contributed by atoms with E-state index in [9.17, 15) is 19.5 Å². The Morgan fingerprint density at radius 3 is 1.15 bits per heavy atom. The van der Waals surface area contributed by atoms with Crippen LogP contribution in [0.1, 0.15) is 271 Å². The van der Waals surface area contributed by atoms with Crippen LogP contribution >= 0.6 is 0 Å². The van der Waals surface area contributed by atoms with Gasteiger partial charge in [-0.15, -0.1) is 0 Å². The first-order valence-corrected chi connectivity index (χ1v) is 31.1. The van der Waals surface area contributed by atoms with Gasteiger partial charge in [-0.2, -0.15) is 0 Å². The Kier molecular flexibility index (Phi) is 54.4. The maximum atomic E-state index is 12.9. The third-order valence-electron chi connectivity index (χ3n) is 13.4. The van der Waals surface area contributed by atoms with Gasteiger partial charge in [0.1, 0.15) is 13.2 Å². The summed E-state index contributed by atoms with van der Waals surface area (Å²) in [7, 11) is 5.92. The van der Waals surface area contributed by atoms with E-state index in [0.29, 0.717) is 17.4 Å². The van der Waals surface area contributed by atoms with Crippen molar-refractivity contribution < 1.29 is 42.9 Å². The first-order chi connectivity index (χ1) is 36.6. The molecule has 0 N–H and O–H groups in total. The normalized spacial score (nSPS) is 13.2. The maximum Gasteiger partial charge on any atom is 0.306 e.